The van der Waals surface area contributed by atoms with Crippen LogP contribution in [0.4, 0.5) is 5.69 Å². The lowest BCUT2D eigenvalue weighted by Gasteiger charge is -2.14. The quantitative estimate of drug-likeness (QED) is 0.408. The molecular weight excluding hydrogens is 300 g/mol. The van der Waals surface area contributed by atoms with Crippen LogP contribution in [0.5, 0.6) is 0 Å². The van der Waals surface area contributed by atoms with Crippen molar-refractivity contribution >= 4 is 17.6 Å². The molecule has 3 N–H and O–H groups in total. The SMILES string of the molecule is CN=C(NCCCC1CCCC1)NCc1cccc(NC(C)=O)c1. The van der Waals surface area contributed by atoms with E-state index in [1.54, 1.807) is 7.05 Å². The first-order chi connectivity index (χ1) is 11.7. The highest BCUT2D eigenvalue weighted by atomic mass is 16.1. The lowest BCUT2D eigenvalue weighted by atomic mass is 10.0. The number of guanidine groups is 1. The predicted molar refractivity (Wildman–Crippen MR) is 100 cm³/mol. The van der Waals surface area contributed by atoms with E-state index in [9.17, 15) is 4.79 Å². The Labute approximate surface area is 145 Å². The number of carbonyl (C=O) groups is 1. The van der Waals surface area contributed by atoms with Crippen molar-refractivity contribution in [1.29, 1.82) is 0 Å². The van der Waals surface area contributed by atoms with Gasteiger partial charge in [0.25, 0.3) is 0 Å². The average molecular weight is 330 g/mol. The van der Waals surface area contributed by atoms with Crippen molar-refractivity contribution in [3.63, 3.8) is 0 Å². The zero-order valence-corrected chi connectivity index (χ0v) is 14.9. The zero-order valence-electron chi connectivity index (χ0n) is 14.9. The molecule has 1 saturated carbocycles. The van der Waals surface area contributed by atoms with E-state index in [4.69, 9.17) is 0 Å². The van der Waals surface area contributed by atoms with Crippen LogP contribution in [-0.4, -0.2) is 25.5 Å². The van der Waals surface area contributed by atoms with Crippen LogP contribution in [0.2, 0.25) is 0 Å². The first kappa shape index (κ1) is 18.3. The van der Waals surface area contributed by atoms with Crippen molar-refractivity contribution in [2.45, 2.75) is 52.0 Å². The summed E-state index contributed by atoms with van der Waals surface area (Å²) in [7, 11) is 1.79. The minimum Gasteiger partial charge on any atom is -0.356 e. The molecule has 1 aliphatic carbocycles. The molecule has 1 fully saturated rings. The normalized spacial score (nSPS) is 15.3. The second-order valence-electron chi connectivity index (χ2n) is 6.53. The van der Waals surface area contributed by atoms with E-state index >= 15 is 0 Å². The fraction of sp³-hybridized carbons (Fsp3) is 0.579. The number of anilines is 1. The van der Waals surface area contributed by atoms with Crippen LogP contribution < -0.4 is 16.0 Å². The zero-order chi connectivity index (χ0) is 17.2. The number of nitrogens with one attached hydrogen (secondary N) is 3. The predicted octanol–water partition coefficient (Wildman–Crippen LogP) is 3.28. The third-order valence-corrected chi connectivity index (χ3v) is 4.49. The summed E-state index contributed by atoms with van der Waals surface area (Å²) < 4.78 is 0. The van der Waals surface area contributed by atoms with Crippen molar-refractivity contribution in [2.24, 2.45) is 10.9 Å². The number of hydrogen-bond donors (Lipinski definition) is 3. The number of benzene rings is 1. The number of rotatable bonds is 7. The molecule has 1 aromatic rings. The van der Waals surface area contributed by atoms with Crippen molar-refractivity contribution < 1.29 is 4.79 Å². The largest absolute Gasteiger partial charge is 0.356 e. The molecule has 0 aromatic heterocycles. The number of hydrogen-bond acceptors (Lipinski definition) is 2. The standard InChI is InChI=1S/C19H30N4O/c1-15(24)23-18-11-5-9-17(13-18)14-22-19(20-2)21-12-6-10-16-7-3-4-8-16/h5,9,11,13,16H,3-4,6-8,10,12,14H2,1-2H3,(H,23,24)(H2,20,21,22). The molecule has 1 aromatic carbocycles. The van der Waals surface area contributed by atoms with Gasteiger partial charge in [0.05, 0.1) is 0 Å². The molecule has 24 heavy (non-hydrogen) atoms. The van der Waals surface area contributed by atoms with Crippen LogP contribution in [-0.2, 0) is 11.3 Å². The van der Waals surface area contributed by atoms with Crippen molar-refractivity contribution in [2.75, 3.05) is 18.9 Å². The molecule has 0 aliphatic heterocycles. The first-order valence-electron chi connectivity index (χ1n) is 8.98. The van der Waals surface area contributed by atoms with Crippen LogP contribution in [0.15, 0.2) is 29.3 Å². The van der Waals surface area contributed by atoms with Gasteiger partial charge >= 0.3 is 0 Å². The molecule has 1 amide bonds. The van der Waals surface area contributed by atoms with Crippen molar-refractivity contribution in [3.8, 4) is 0 Å². The maximum atomic E-state index is 11.1. The van der Waals surface area contributed by atoms with Gasteiger partial charge in [0.2, 0.25) is 5.91 Å². The Hall–Kier alpha value is -2.04. The van der Waals surface area contributed by atoms with Gasteiger partial charge in [0.15, 0.2) is 5.96 Å². The molecule has 0 unspecified atom stereocenters. The molecule has 132 valence electrons. The summed E-state index contributed by atoms with van der Waals surface area (Å²) >= 11 is 0. The Morgan fingerprint density at radius 3 is 2.75 bits per heavy atom. The Bertz CT molecular complexity index is 550. The van der Waals surface area contributed by atoms with Gasteiger partial charge in [0, 0.05) is 32.7 Å². The molecule has 0 spiro atoms. The van der Waals surface area contributed by atoms with Gasteiger partial charge in [-0.15, -0.1) is 0 Å². The van der Waals surface area contributed by atoms with Gasteiger partial charge in [-0.1, -0.05) is 37.8 Å². The van der Waals surface area contributed by atoms with Crippen LogP contribution in [0.25, 0.3) is 0 Å². The summed E-state index contributed by atoms with van der Waals surface area (Å²) in [6.07, 6.45) is 8.18. The van der Waals surface area contributed by atoms with Gasteiger partial charge in [-0.05, 0) is 36.5 Å². The van der Waals surface area contributed by atoms with Crippen LogP contribution in [0.1, 0.15) is 51.0 Å². The fourth-order valence-electron chi connectivity index (χ4n) is 3.27. The third-order valence-electron chi connectivity index (χ3n) is 4.49. The Morgan fingerprint density at radius 1 is 1.25 bits per heavy atom. The molecule has 1 aliphatic rings. The van der Waals surface area contributed by atoms with Crippen LogP contribution in [0, 0.1) is 5.92 Å². The summed E-state index contributed by atoms with van der Waals surface area (Å²) in [5.74, 6) is 1.71. The highest BCUT2D eigenvalue weighted by Gasteiger charge is 2.13. The van der Waals surface area contributed by atoms with Crippen molar-refractivity contribution in [1.82, 2.24) is 10.6 Å². The number of amides is 1. The van der Waals surface area contributed by atoms with Gasteiger partial charge < -0.3 is 16.0 Å². The Balaban J connectivity index is 1.69. The van der Waals surface area contributed by atoms with E-state index in [2.05, 4.69) is 20.9 Å². The first-order valence-corrected chi connectivity index (χ1v) is 8.98. The highest BCUT2D eigenvalue weighted by Crippen LogP contribution is 2.28. The highest BCUT2D eigenvalue weighted by molar-refractivity contribution is 5.88. The van der Waals surface area contributed by atoms with Crippen LogP contribution >= 0.6 is 0 Å². The molecule has 5 nitrogen and oxygen atoms in total. The van der Waals surface area contributed by atoms with Gasteiger partial charge in [-0.25, -0.2) is 0 Å². The van der Waals surface area contributed by atoms with E-state index < -0.39 is 0 Å². The number of nitrogens with zero attached hydrogens (tertiary/aromatic N) is 1. The summed E-state index contributed by atoms with van der Waals surface area (Å²) in [6, 6.07) is 7.84. The molecule has 5 heteroatoms. The van der Waals surface area contributed by atoms with E-state index in [1.807, 2.05) is 24.3 Å². The van der Waals surface area contributed by atoms with Crippen LogP contribution in [0.3, 0.4) is 0 Å². The molecule has 0 radical (unpaired) electrons. The molecular formula is C19H30N4O. The van der Waals surface area contributed by atoms with Gasteiger partial charge in [0.1, 0.15) is 0 Å². The lowest BCUT2D eigenvalue weighted by molar-refractivity contribution is -0.114. The summed E-state index contributed by atoms with van der Waals surface area (Å²) in [5, 5.41) is 9.50. The molecule has 0 bridgehead atoms. The van der Waals surface area contributed by atoms with E-state index in [0.717, 1.165) is 29.7 Å². The maximum absolute atomic E-state index is 11.1. The molecule has 2 rings (SSSR count). The number of aliphatic imine (C=N–C) groups is 1. The monoisotopic (exact) mass is 330 g/mol. The second kappa shape index (κ2) is 9.96. The smallest absolute Gasteiger partial charge is 0.221 e. The summed E-state index contributed by atoms with van der Waals surface area (Å²) in [4.78, 5) is 15.4. The fourth-order valence-corrected chi connectivity index (χ4v) is 3.27. The van der Waals surface area contributed by atoms with E-state index in [1.165, 1.54) is 45.4 Å². The van der Waals surface area contributed by atoms with E-state index in [-0.39, 0.29) is 5.91 Å². The Morgan fingerprint density at radius 2 is 2.04 bits per heavy atom. The van der Waals surface area contributed by atoms with Crippen molar-refractivity contribution in [3.05, 3.63) is 29.8 Å². The Kier molecular flexibility index (Phi) is 7.59. The molecule has 0 saturated heterocycles. The lowest BCUT2D eigenvalue weighted by Crippen LogP contribution is -2.37. The summed E-state index contributed by atoms with van der Waals surface area (Å²) in [6.45, 7) is 3.15. The van der Waals surface area contributed by atoms with Gasteiger partial charge in [-0.2, -0.15) is 0 Å². The van der Waals surface area contributed by atoms with E-state index in [0.29, 0.717) is 6.54 Å². The minimum atomic E-state index is -0.0557. The topological polar surface area (TPSA) is 65.5 Å². The number of carbonyl (C=O) groups excluding carboxylic acids is 1. The maximum Gasteiger partial charge on any atom is 0.221 e. The molecule has 0 heterocycles. The third kappa shape index (κ3) is 6.60. The van der Waals surface area contributed by atoms with Gasteiger partial charge in [-0.3, -0.25) is 9.79 Å². The molecule has 0 atom stereocenters. The average Bonchev–Trinajstić information content (AvgIpc) is 3.07. The minimum absolute atomic E-state index is 0.0557. The second-order valence-corrected chi connectivity index (χ2v) is 6.53. The summed E-state index contributed by atoms with van der Waals surface area (Å²) in [5.41, 5.74) is 1.93.